The van der Waals surface area contributed by atoms with Crippen LogP contribution in [-0.2, 0) is 9.84 Å². The van der Waals surface area contributed by atoms with Crippen LogP contribution in [0.4, 0.5) is 5.69 Å². The van der Waals surface area contributed by atoms with Crippen molar-refractivity contribution in [2.45, 2.75) is 6.92 Å². The van der Waals surface area contributed by atoms with Crippen LogP contribution in [0.15, 0.2) is 12.3 Å². The van der Waals surface area contributed by atoms with E-state index in [9.17, 15) is 13.2 Å². The van der Waals surface area contributed by atoms with E-state index in [-0.39, 0.29) is 18.2 Å². The molecule has 0 fully saturated rings. The molecule has 0 saturated heterocycles. The van der Waals surface area contributed by atoms with Gasteiger partial charge in [-0.1, -0.05) is 0 Å². The van der Waals surface area contributed by atoms with Crippen LogP contribution in [0.25, 0.3) is 0 Å². The highest BCUT2D eigenvalue weighted by atomic mass is 32.2. The Kier molecular flexibility index (Phi) is 4.88. The molecule has 1 amide bonds. The SMILES string of the molecule is CNc1cc(C)ncc1C(=O)N(C)CCS(C)(=O)=O. The maximum atomic E-state index is 12.2. The Labute approximate surface area is 113 Å². The number of amides is 1. The van der Waals surface area contributed by atoms with Gasteiger partial charge in [0.15, 0.2) is 0 Å². The maximum absolute atomic E-state index is 12.2. The molecule has 1 rings (SSSR count). The zero-order valence-corrected chi connectivity index (χ0v) is 12.4. The van der Waals surface area contributed by atoms with Gasteiger partial charge in [0.2, 0.25) is 0 Å². The van der Waals surface area contributed by atoms with E-state index in [1.165, 1.54) is 11.1 Å². The highest BCUT2D eigenvalue weighted by Crippen LogP contribution is 2.16. The van der Waals surface area contributed by atoms with E-state index < -0.39 is 9.84 Å². The number of aryl methyl sites for hydroxylation is 1. The van der Waals surface area contributed by atoms with Crippen LogP contribution in [0.5, 0.6) is 0 Å². The molecule has 6 nitrogen and oxygen atoms in total. The zero-order valence-electron chi connectivity index (χ0n) is 11.6. The first-order valence-corrected chi connectivity index (χ1v) is 7.88. The molecular formula is C12H19N3O3S. The van der Waals surface area contributed by atoms with Crippen LogP contribution < -0.4 is 5.32 Å². The maximum Gasteiger partial charge on any atom is 0.257 e. The van der Waals surface area contributed by atoms with E-state index in [2.05, 4.69) is 10.3 Å². The van der Waals surface area contributed by atoms with Gasteiger partial charge in [-0.2, -0.15) is 0 Å². The lowest BCUT2D eigenvalue weighted by Gasteiger charge is -2.18. The van der Waals surface area contributed by atoms with Crippen molar-refractivity contribution in [3.63, 3.8) is 0 Å². The molecule has 0 aliphatic carbocycles. The summed E-state index contributed by atoms with van der Waals surface area (Å²) in [5.41, 5.74) is 1.92. The number of carbonyl (C=O) groups is 1. The minimum absolute atomic E-state index is 0.0522. The number of rotatable bonds is 5. The van der Waals surface area contributed by atoms with E-state index in [1.54, 1.807) is 20.2 Å². The molecule has 19 heavy (non-hydrogen) atoms. The van der Waals surface area contributed by atoms with Crippen molar-refractivity contribution in [1.82, 2.24) is 9.88 Å². The van der Waals surface area contributed by atoms with Gasteiger partial charge in [0.1, 0.15) is 9.84 Å². The Balaban J connectivity index is 2.88. The summed E-state index contributed by atoms with van der Waals surface area (Å²) in [6, 6.07) is 1.78. The Hall–Kier alpha value is -1.63. The third-order valence-electron chi connectivity index (χ3n) is 2.68. The summed E-state index contributed by atoms with van der Waals surface area (Å²) < 4.78 is 22.2. The normalized spacial score (nSPS) is 11.2. The largest absolute Gasteiger partial charge is 0.387 e. The molecule has 0 radical (unpaired) electrons. The predicted molar refractivity (Wildman–Crippen MR) is 75.2 cm³/mol. The Morgan fingerprint density at radius 3 is 2.63 bits per heavy atom. The molecule has 0 aliphatic rings. The van der Waals surface area contributed by atoms with E-state index in [0.717, 1.165) is 11.9 Å². The summed E-state index contributed by atoms with van der Waals surface area (Å²) in [4.78, 5) is 17.7. The molecule has 0 spiro atoms. The number of hydrogen-bond acceptors (Lipinski definition) is 5. The molecule has 0 bridgehead atoms. The molecule has 1 aromatic heterocycles. The lowest BCUT2D eigenvalue weighted by atomic mass is 10.2. The zero-order chi connectivity index (χ0) is 14.6. The standard InChI is InChI=1S/C12H19N3O3S/c1-9-7-11(13-2)10(8-14-9)12(16)15(3)5-6-19(4,17)18/h7-8H,5-6H2,1-4H3,(H,13,14). The van der Waals surface area contributed by atoms with Crippen LogP contribution in [0, 0.1) is 6.92 Å². The first-order valence-electron chi connectivity index (χ1n) is 5.82. The first-order chi connectivity index (χ1) is 8.74. The number of nitrogens with one attached hydrogen (secondary N) is 1. The first kappa shape index (κ1) is 15.4. The number of nitrogens with zero attached hydrogens (tertiary/aromatic N) is 2. The summed E-state index contributed by atoms with van der Waals surface area (Å²) in [6.07, 6.45) is 2.65. The Morgan fingerprint density at radius 2 is 2.11 bits per heavy atom. The van der Waals surface area contributed by atoms with Crippen LogP contribution >= 0.6 is 0 Å². The number of hydrogen-bond donors (Lipinski definition) is 1. The van der Waals surface area contributed by atoms with Crippen molar-refractivity contribution < 1.29 is 13.2 Å². The molecule has 0 saturated carbocycles. The topological polar surface area (TPSA) is 79.4 Å². The molecule has 0 atom stereocenters. The van der Waals surface area contributed by atoms with E-state index >= 15 is 0 Å². The average molecular weight is 285 g/mol. The van der Waals surface area contributed by atoms with E-state index in [0.29, 0.717) is 11.3 Å². The van der Waals surface area contributed by atoms with Crippen molar-refractivity contribution in [3.05, 3.63) is 23.5 Å². The van der Waals surface area contributed by atoms with Crippen LogP contribution in [0.1, 0.15) is 16.1 Å². The average Bonchev–Trinajstić information content (AvgIpc) is 2.34. The molecule has 0 unspecified atom stereocenters. The van der Waals surface area contributed by atoms with Crippen molar-refractivity contribution in [2.24, 2.45) is 0 Å². The third kappa shape index (κ3) is 4.51. The van der Waals surface area contributed by atoms with Gasteiger partial charge in [-0.05, 0) is 13.0 Å². The Bertz CT molecular complexity index is 570. The quantitative estimate of drug-likeness (QED) is 0.854. The number of carbonyl (C=O) groups excluding carboxylic acids is 1. The van der Waals surface area contributed by atoms with Gasteiger partial charge in [0.25, 0.3) is 5.91 Å². The van der Waals surface area contributed by atoms with Gasteiger partial charge in [0.05, 0.1) is 17.0 Å². The summed E-state index contributed by atoms with van der Waals surface area (Å²) in [6.45, 7) is 2.00. The third-order valence-corrected chi connectivity index (χ3v) is 3.61. The van der Waals surface area contributed by atoms with Crippen molar-refractivity contribution in [2.75, 3.05) is 38.0 Å². The van der Waals surface area contributed by atoms with Crippen molar-refractivity contribution in [1.29, 1.82) is 0 Å². The van der Waals surface area contributed by atoms with Gasteiger partial charge >= 0.3 is 0 Å². The molecule has 106 valence electrons. The fraction of sp³-hybridized carbons (Fsp3) is 0.500. The summed E-state index contributed by atoms with van der Waals surface area (Å²) in [5, 5.41) is 2.94. The Morgan fingerprint density at radius 1 is 1.47 bits per heavy atom. The molecule has 1 heterocycles. The highest BCUT2D eigenvalue weighted by molar-refractivity contribution is 7.90. The molecular weight excluding hydrogens is 266 g/mol. The van der Waals surface area contributed by atoms with Gasteiger partial charge in [-0.15, -0.1) is 0 Å². The minimum Gasteiger partial charge on any atom is -0.387 e. The van der Waals surface area contributed by atoms with E-state index in [1.807, 2.05) is 6.92 Å². The number of anilines is 1. The second kappa shape index (κ2) is 6.01. The van der Waals surface area contributed by atoms with Crippen LogP contribution in [0.2, 0.25) is 0 Å². The van der Waals surface area contributed by atoms with Crippen molar-refractivity contribution >= 4 is 21.4 Å². The van der Waals surface area contributed by atoms with Gasteiger partial charge in [0, 0.05) is 38.8 Å². The van der Waals surface area contributed by atoms with Gasteiger partial charge in [-0.25, -0.2) is 8.42 Å². The van der Waals surface area contributed by atoms with Crippen LogP contribution in [0.3, 0.4) is 0 Å². The summed E-state index contributed by atoms with van der Waals surface area (Å²) >= 11 is 0. The predicted octanol–water partition coefficient (Wildman–Crippen LogP) is 0.548. The lowest BCUT2D eigenvalue weighted by Crippen LogP contribution is -2.32. The summed E-state index contributed by atoms with van der Waals surface area (Å²) in [5.74, 6) is -0.302. The molecule has 1 N–H and O–H groups in total. The molecule has 1 aromatic rings. The lowest BCUT2D eigenvalue weighted by molar-refractivity contribution is 0.0804. The summed E-state index contributed by atoms with van der Waals surface area (Å²) in [7, 11) is 0.218. The fourth-order valence-corrected chi connectivity index (χ4v) is 2.15. The van der Waals surface area contributed by atoms with E-state index in [4.69, 9.17) is 0 Å². The minimum atomic E-state index is -3.08. The van der Waals surface area contributed by atoms with Crippen LogP contribution in [-0.4, -0.2) is 56.9 Å². The van der Waals surface area contributed by atoms with Gasteiger partial charge < -0.3 is 10.2 Å². The number of sulfone groups is 1. The van der Waals surface area contributed by atoms with Gasteiger partial charge in [-0.3, -0.25) is 9.78 Å². The fourth-order valence-electron chi connectivity index (χ4n) is 1.55. The monoisotopic (exact) mass is 285 g/mol. The molecule has 7 heteroatoms. The smallest absolute Gasteiger partial charge is 0.257 e. The highest BCUT2D eigenvalue weighted by Gasteiger charge is 2.17. The molecule has 0 aromatic carbocycles. The van der Waals surface area contributed by atoms with Crippen molar-refractivity contribution in [3.8, 4) is 0 Å². The second-order valence-corrected chi connectivity index (χ2v) is 6.74. The molecule has 0 aliphatic heterocycles. The number of aromatic nitrogens is 1. The second-order valence-electron chi connectivity index (χ2n) is 4.48. The number of pyridine rings is 1.